The summed E-state index contributed by atoms with van der Waals surface area (Å²) in [6, 6.07) is 1.87. The number of carbonyl (C=O) groups excluding carboxylic acids is 1. The minimum Gasteiger partial charge on any atom is -0.384 e. The van der Waals surface area contributed by atoms with E-state index in [9.17, 15) is 4.79 Å². The molecule has 1 amide bonds. The number of hydrogen-bond donors (Lipinski definition) is 2. The van der Waals surface area contributed by atoms with E-state index in [0.29, 0.717) is 16.4 Å². The fourth-order valence-corrected chi connectivity index (χ4v) is 3.51. The lowest BCUT2D eigenvalue weighted by atomic mass is 10.2. The number of nitrogens with one attached hydrogen (secondary N) is 1. The molecule has 0 aliphatic heterocycles. The summed E-state index contributed by atoms with van der Waals surface area (Å²) < 4.78 is 0. The van der Waals surface area contributed by atoms with E-state index in [1.807, 2.05) is 23.8 Å². The minimum atomic E-state index is -0.178. The Bertz CT molecular complexity index is 679. The van der Waals surface area contributed by atoms with Gasteiger partial charge in [0.25, 0.3) is 5.91 Å². The third kappa shape index (κ3) is 3.41. The van der Waals surface area contributed by atoms with E-state index < -0.39 is 0 Å². The first-order chi connectivity index (χ1) is 9.63. The fraction of sp³-hybridized carbons (Fsp3) is 0.214. The largest absolute Gasteiger partial charge is 0.384 e. The Labute approximate surface area is 130 Å². The van der Waals surface area contributed by atoms with Crippen molar-refractivity contribution >= 4 is 40.2 Å². The molecule has 0 aromatic carbocycles. The maximum absolute atomic E-state index is 12.0. The number of amides is 1. The third-order valence-electron chi connectivity index (χ3n) is 2.56. The Hall–Kier alpha value is -1.32. The first kappa shape index (κ1) is 15.1. The van der Waals surface area contributed by atoms with Gasteiger partial charge in [0.1, 0.15) is 11.5 Å². The molecule has 0 unspecified atom stereocenters. The normalized spacial score (nSPS) is 9.95. The molecular formula is C14H12ClNO2S2. The molecule has 0 spiro atoms. The molecule has 2 aromatic heterocycles. The molecule has 0 radical (unpaired) electrons. The van der Waals surface area contributed by atoms with Crippen molar-refractivity contribution in [2.75, 3.05) is 6.61 Å². The van der Waals surface area contributed by atoms with Crippen molar-refractivity contribution in [1.29, 1.82) is 0 Å². The average Bonchev–Trinajstić information content (AvgIpc) is 3.02. The van der Waals surface area contributed by atoms with Crippen LogP contribution >= 0.6 is 34.3 Å². The molecule has 0 bridgehead atoms. The number of aliphatic hydroxyl groups is 1. The fourth-order valence-electron chi connectivity index (χ4n) is 1.55. The molecule has 0 fully saturated rings. The second-order valence-electron chi connectivity index (χ2n) is 3.96. The second kappa shape index (κ2) is 6.91. The lowest BCUT2D eigenvalue weighted by Crippen LogP contribution is -2.22. The van der Waals surface area contributed by atoms with Gasteiger partial charge in [-0.3, -0.25) is 4.79 Å². The Morgan fingerprint density at radius 3 is 2.95 bits per heavy atom. The quantitative estimate of drug-likeness (QED) is 0.852. The Morgan fingerprint density at radius 1 is 1.50 bits per heavy atom. The van der Waals surface area contributed by atoms with Crippen molar-refractivity contribution in [2.45, 2.75) is 13.5 Å². The zero-order valence-electron chi connectivity index (χ0n) is 10.7. The number of carbonyl (C=O) groups is 1. The van der Waals surface area contributed by atoms with Gasteiger partial charge in [0.05, 0.1) is 11.6 Å². The van der Waals surface area contributed by atoms with Crippen LogP contribution in [0.2, 0.25) is 5.02 Å². The van der Waals surface area contributed by atoms with E-state index >= 15 is 0 Å². The highest BCUT2D eigenvalue weighted by atomic mass is 35.5. The highest BCUT2D eigenvalue weighted by molar-refractivity contribution is 7.13. The van der Waals surface area contributed by atoms with Crippen LogP contribution in [0.4, 0.5) is 0 Å². The van der Waals surface area contributed by atoms with Gasteiger partial charge in [0, 0.05) is 10.4 Å². The summed E-state index contributed by atoms with van der Waals surface area (Å²) in [5.74, 6) is 5.28. The van der Waals surface area contributed by atoms with Crippen LogP contribution in [0.15, 0.2) is 16.8 Å². The van der Waals surface area contributed by atoms with Crippen LogP contribution in [-0.2, 0) is 6.54 Å². The molecule has 0 saturated carbocycles. The summed E-state index contributed by atoms with van der Waals surface area (Å²) in [4.78, 5) is 13.5. The number of aryl methyl sites for hydroxylation is 1. The zero-order chi connectivity index (χ0) is 14.5. The van der Waals surface area contributed by atoms with Gasteiger partial charge in [-0.1, -0.05) is 23.4 Å². The maximum Gasteiger partial charge on any atom is 0.263 e. The number of hydrogen-bond acceptors (Lipinski definition) is 4. The first-order valence-electron chi connectivity index (χ1n) is 5.81. The van der Waals surface area contributed by atoms with Gasteiger partial charge in [-0.15, -0.1) is 22.7 Å². The van der Waals surface area contributed by atoms with Gasteiger partial charge in [0.2, 0.25) is 0 Å². The summed E-state index contributed by atoms with van der Waals surface area (Å²) >= 11 is 8.92. The van der Waals surface area contributed by atoms with Crippen molar-refractivity contribution in [2.24, 2.45) is 0 Å². The highest BCUT2D eigenvalue weighted by Crippen LogP contribution is 2.27. The molecular weight excluding hydrogens is 314 g/mol. The highest BCUT2D eigenvalue weighted by Gasteiger charge is 2.14. The van der Waals surface area contributed by atoms with Crippen LogP contribution in [0.25, 0.3) is 0 Å². The lowest BCUT2D eigenvalue weighted by Gasteiger charge is -2.03. The molecule has 104 valence electrons. The van der Waals surface area contributed by atoms with E-state index in [1.54, 1.807) is 0 Å². The van der Waals surface area contributed by atoms with Crippen molar-refractivity contribution in [3.8, 4) is 11.8 Å². The van der Waals surface area contributed by atoms with Gasteiger partial charge in [-0.25, -0.2) is 0 Å². The van der Waals surface area contributed by atoms with Crippen molar-refractivity contribution < 1.29 is 9.90 Å². The van der Waals surface area contributed by atoms with E-state index in [0.717, 1.165) is 16.0 Å². The van der Waals surface area contributed by atoms with Crippen LogP contribution in [-0.4, -0.2) is 17.6 Å². The predicted molar refractivity (Wildman–Crippen MR) is 83.5 cm³/mol. The van der Waals surface area contributed by atoms with Crippen molar-refractivity contribution in [3.05, 3.63) is 42.7 Å². The zero-order valence-corrected chi connectivity index (χ0v) is 13.1. The maximum atomic E-state index is 12.0. The summed E-state index contributed by atoms with van der Waals surface area (Å²) in [5, 5.41) is 15.8. The van der Waals surface area contributed by atoms with Crippen molar-refractivity contribution in [1.82, 2.24) is 5.32 Å². The summed E-state index contributed by atoms with van der Waals surface area (Å²) in [5.41, 5.74) is 1.74. The smallest absolute Gasteiger partial charge is 0.263 e. The molecule has 2 N–H and O–H groups in total. The second-order valence-corrected chi connectivity index (χ2v) is 6.22. The number of thiophene rings is 2. The minimum absolute atomic E-state index is 0.175. The van der Waals surface area contributed by atoms with Gasteiger partial charge in [-0.05, 0) is 29.3 Å². The number of halogens is 1. The molecule has 0 aliphatic carbocycles. The summed E-state index contributed by atoms with van der Waals surface area (Å²) in [7, 11) is 0. The van der Waals surface area contributed by atoms with E-state index in [2.05, 4.69) is 17.2 Å². The molecule has 2 rings (SSSR count). The molecule has 0 atom stereocenters. The molecule has 6 heteroatoms. The molecule has 20 heavy (non-hydrogen) atoms. The summed E-state index contributed by atoms with van der Waals surface area (Å²) in [6.45, 7) is 2.10. The molecule has 3 nitrogen and oxygen atoms in total. The Morgan fingerprint density at radius 2 is 2.30 bits per heavy atom. The number of rotatable bonds is 3. The van der Waals surface area contributed by atoms with Crippen LogP contribution in [0.3, 0.4) is 0 Å². The molecule has 2 heterocycles. The van der Waals surface area contributed by atoms with Crippen LogP contribution < -0.4 is 5.32 Å². The van der Waals surface area contributed by atoms with E-state index in [1.165, 1.54) is 22.7 Å². The van der Waals surface area contributed by atoms with Crippen LogP contribution in [0.5, 0.6) is 0 Å². The average molecular weight is 326 g/mol. The van der Waals surface area contributed by atoms with Crippen LogP contribution in [0.1, 0.15) is 25.7 Å². The predicted octanol–water partition coefficient (Wildman–Crippen LogP) is 3.05. The third-order valence-corrected chi connectivity index (χ3v) is 5.18. The molecule has 0 aliphatic rings. The first-order valence-corrected chi connectivity index (χ1v) is 7.95. The van der Waals surface area contributed by atoms with Gasteiger partial charge < -0.3 is 10.4 Å². The monoisotopic (exact) mass is 325 g/mol. The summed E-state index contributed by atoms with van der Waals surface area (Å²) in [6.07, 6.45) is 0. The molecule has 2 aromatic rings. The van der Waals surface area contributed by atoms with Gasteiger partial charge in [0.15, 0.2) is 0 Å². The SMILES string of the molecule is Cc1csc(C(=O)NCc2sccc2C#CCO)c1Cl. The van der Waals surface area contributed by atoms with Gasteiger partial charge >= 0.3 is 0 Å². The standard InChI is InChI=1S/C14H12ClNO2S2/c1-9-8-20-13(12(9)15)14(18)16-7-11-10(3-2-5-17)4-6-19-11/h4,6,8,17H,5,7H2,1H3,(H,16,18). The molecule has 0 saturated heterocycles. The number of aliphatic hydroxyl groups excluding tert-OH is 1. The lowest BCUT2D eigenvalue weighted by molar-refractivity contribution is 0.0955. The van der Waals surface area contributed by atoms with E-state index in [4.69, 9.17) is 16.7 Å². The Kier molecular flexibility index (Phi) is 5.21. The topological polar surface area (TPSA) is 49.3 Å². The van der Waals surface area contributed by atoms with Crippen LogP contribution in [0, 0.1) is 18.8 Å². The van der Waals surface area contributed by atoms with E-state index in [-0.39, 0.29) is 12.5 Å². The van der Waals surface area contributed by atoms with Crippen molar-refractivity contribution in [3.63, 3.8) is 0 Å². The Balaban J connectivity index is 2.04. The van der Waals surface area contributed by atoms with Gasteiger partial charge in [-0.2, -0.15) is 0 Å².